The summed E-state index contributed by atoms with van der Waals surface area (Å²) in [5.74, 6) is -0.577. The second-order valence-electron chi connectivity index (χ2n) is 6.02. The first kappa shape index (κ1) is 18.1. The molecular weight excluding hydrogens is 355 g/mol. The van der Waals surface area contributed by atoms with Crippen molar-refractivity contribution in [1.29, 1.82) is 0 Å². The van der Waals surface area contributed by atoms with Crippen molar-refractivity contribution in [2.75, 3.05) is 26.2 Å². The zero-order valence-corrected chi connectivity index (χ0v) is 14.8. The average Bonchev–Trinajstić information content (AvgIpc) is 2.66. The summed E-state index contributed by atoms with van der Waals surface area (Å²) in [6.45, 7) is 1.84. The minimum Gasteiger partial charge on any atom is -0.336 e. The van der Waals surface area contributed by atoms with Crippen LogP contribution in [0.3, 0.4) is 0 Å². The molecule has 2 amide bonds. The Labute approximate surface area is 156 Å². The quantitative estimate of drug-likeness (QED) is 0.774. The third-order valence-electron chi connectivity index (χ3n) is 4.22. The second-order valence-corrected chi connectivity index (χ2v) is 6.45. The molecule has 0 unspecified atom stereocenters. The molecule has 4 nitrogen and oxygen atoms in total. The van der Waals surface area contributed by atoms with Crippen molar-refractivity contribution in [2.45, 2.75) is 0 Å². The minimum atomic E-state index is -0.340. The fraction of sp³-hybridized carbons (Fsp3) is 0.200. The predicted molar refractivity (Wildman–Crippen MR) is 99.4 cm³/mol. The maximum Gasteiger partial charge on any atom is 0.254 e. The van der Waals surface area contributed by atoms with Gasteiger partial charge in [0.15, 0.2) is 0 Å². The maximum atomic E-state index is 13.2. The highest BCUT2D eigenvalue weighted by Crippen LogP contribution is 2.14. The molecule has 26 heavy (non-hydrogen) atoms. The summed E-state index contributed by atoms with van der Waals surface area (Å²) in [5, 5.41) is 0.521. The highest BCUT2D eigenvalue weighted by atomic mass is 35.5. The summed E-state index contributed by atoms with van der Waals surface area (Å²) in [6, 6.07) is 12.9. The molecule has 0 aliphatic carbocycles. The van der Waals surface area contributed by atoms with Gasteiger partial charge in [-0.3, -0.25) is 9.59 Å². The number of halogens is 2. The van der Waals surface area contributed by atoms with E-state index in [0.717, 1.165) is 0 Å². The summed E-state index contributed by atoms with van der Waals surface area (Å²) in [7, 11) is 0. The van der Waals surface area contributed by atoms with E-state index in [0.29, 0.717) is 42.3 Å². The zero-order chi connectivity index (χ0) is 18.5. The molecule has 2 aromatic carbocycles. The smallest absolute Gasteiger partial charge is 0.254 e. The Balaban J connectivity index is 1.56. The average molecular weight is 373 g/mol. The van der Waals surface area contributed by atoms with Gasteiger partial charge in [-0.1, -0.05) is 29.8 Å². The molecule has 1 saturated heterocycles. The number of carbonyl (C=O) groups excluding carboxylic acids is 2. The van der Waals surface area contributed by atoms with Crippen LogP contribution >= 0.6 is 11.6 Å². The Morgan fingerprint density at radius 3 is 2.35 bits per heavy atom. The Morgan fingerprint density at radius 2 is 1.65 bits per heavy atom. The van der Waals surface area contributed by atoms with Crippen LogP contribution in [0.1, 0.15) is 15.9 Å². The van der Waals surface area contributed by atoms with Crippen molar-refractivity contribution >= 4 is 29.5 Å². The summed E-state index contributed by atoms with van der Waals surface area (Å²) >= 11 is 5.93. The molecule has 1 heterocycles. The van der Waals surface area contributed by atoms with E-state index in [1.807, 2.05) is 0 Å². The Kier molecular flexibility index (Phi) is 5.68. The number of hydrogen-bond acceptors (Lipinski definition) is 2. The van der Waals surface area contributed by atoms with Crippen molar-refractivity contribution in [1.82, 2.24) is 9.80 Å². The molecule has 134 valence electrons. The number of hydrogen-bond donors (Lipinski definition) is 0. The molecule has 0 bridgehead atoms. The van der Waals surface area contributed by atoms with Crippen LogP contribution in [-0.4, -0.2) is 47.8 Å². The van der Waals surface area contributed by atoms with Gasteiger partial charge in [-0.2, -0.15) is 0 Å². The van der Waals surface area contributed by atoms with E-state index in [9.17, 15) is 14.0 Å². The molecule has 0 aromatic heterocycles. The standard InChI is InChI=1S/C20H18ClFN2O2/c21-17-5-2-4-16(14-17)20(26)24-11-9-23(10-12-24)19(25)8-7-15-3-1-6-18(22)13-15/h1-8,13-14H,9-12H2/b8-7+. The van der Waals surface area contributed by atoms with Crippen LogP contribution in [0.4, 0.5) is 4.39 Å². The van der Waals surface area contributed by atoms with E-state index in [1.54, 1.807) is 52.3 Å². The Hall–Kier alpha value is -2.66. The summed E-state index contributed by atoms with van der Waals surface area (Å²) in [5.41, 5.74) is 1.18. The van der Waals surface area contributed by atoms with Crippen LogP contribution in [0.15, 0.2) is 54.6 Å². The van der Waals surface area contributed by atoms with Crippen molar-refractivity contribution in [3.8, 4) is 0 Å². The van der Waals surface area contributed by atoms with Gasteiger partial charge in [-0.15, -0.1) is 0 Å². The highest BCUT2D eigenvalue weighted by molar-refractivity contribution is 6.30. The number of piperazine rings is 1. The third-order valence-corrected chi connectivity index (χ3v) is 4.45. The summed E-state index contributed by atoms with van der Waals surface area (Å²) < 4.78 is 13.2. The lowest BCUT2D eigenvalue weighted by Crippen LogP contribution is -2.50. The largest absolute Gasteiger partial charge is 0.336 e. The van der Waals surface area contributed by atoms with Gasteiger partial charge in [0.2, 0.25) is 5.91 Å². The lowest BCUT2D eigenvalue weighted by atomic mass is 10.1. The Bertz CT molecular complexity index is 845. The van der Waals surface area contributed by atoms with Crippen LogP contribution in [0, 0.1) is 5.82 Å². The van der Waals surface area contributed by atoms with Crippen LogP contribution in [-0.2, 0) is 4.79 Å². The molecule has 0 radical (unpaired) electrons. The van der Waals surface area contributed by atoms with E-state index in [1.165, 1.54) is 18.2 Å². The topological polar surface area (TPSA) is 40.6 Å². The maximum absolute atomic E-state index is 13.2. The predicted octanol–water partition coefficient (Wildman–Crippen LogP) is 3.48. The first-order valence-electron chi connectivity index (χ1n) is 8.30. The molecule has 1 fully saturated rings. The zero-order valence-electron chi connectivity index (χ0n) is 14.1. The number of rotatable bonds is 3. The first-order valence-corrected chi connectivity index (χ1v) is 8.68. The lowest BCUT2D eigenvalue weighted by molar-refractivity contribution is -0.127. The van der Waals surface area contributed by atoms with E-state index in [4.69, 9.17) is 11.6 Å². The molecule has 0 atom stereocenters. The van der Waals surface area contributed by atoms with Gasteiger partial charge < -0.3 is 9.80 Å². The van der Waals surface area contributed by atoms with E-state index < -0.39 is 0 Å². The van der Waals surface area contributed by atoms with Crippen LogP contribution in [0.5, 0.6) is 0 Å². The van der Waals surface area contributed by atoms with Crippen molar-refractivity contribution in [3.63, 3.8) is 0 Å². The number of amides is 2. The second kappa shape index (κ2) is 8.15. The normalized spacial score (nSPS) is 14.7. The molecule has 2 aromatic rings. The van der Waals surface area contributed by atoms with Crippen molar-refractivity contribution in [2.24, 2.45) is 0 Å². The van der Waals surface area contributed by atoms with Gasteiger partial charge in [0.05, 0.1) is 0 Å². The minimum absolute atomic E-state index is 0.0881. The van der Waals surface area contributed by atoms with Gasteiger partial charge in [-0.05, 0) is 42.0 Å². The molecule has 1 aliphatic rings. The monoisotopic (exact) mass is 372 g/mol. The molecule has 6 heteroatoms. The first-order chi connectivity index (χ1) is 12.5. The van der Waals surface area contributed by atoms with Crippen LogP contribution < -0.4 is 0 Å². The van der Waals surface area contributed by atoms with Gasteiger partial charge >= 0.3 is 0 Å². The molecule has 0 saturated carbocycles. The van der Waals surface area contributed by atoms with Crippen LogP contribution in [0.25, 0.3) is 6.08 Å². The SMILES string of the molecule is O=C(/C=C/c1cccc(F)c1)N1CCN(C(=O)c2cccc(Cl)c2)CC1. The van der Waals surface area contributed by atoms with Crippen molar-refractivity contribution in [3.05, 3.63) is 76.6 Å². The number of benzene rings is 2. The Morgan fingerprint density at radius 1 is 0.962 bits per heavy atom. The third kappa shape index (κ3) is 4.49. The molecule has 3 rings (SSSR count). The van der Waals surface area contributed by atoms with Gasteiger partial charge in [0.25, 0.3) is 5.91 Å². The van der Waals surface area contributed by atoms with E-state index in [2.05, 4.69) is 0 Å². The fourth-order valence-corrected chi connectivity index (χ4v) is 3.01. The van der Waals surface area contributed by atoms with E-state index >= 15 is 0 Å². The summed E-state index contributed by atoms with van der Waals surface area (Å²) in [4.78, 5) is 28.1. The van der Waals surface area contributed by atoms with Gasteiger partial charge in [-0.25, -0.2) is 4.39 Å². The summed E-state index contributed by atoms with van der Waals surface area (Å²) in [6.07, 6.45) is 3.03. The number of nitrogens with zero attached hydrogens (tertiary/aromatic N) is 2. The van der Waals surface area contributed by atoms with Crippen LogP contribution in [0.2, 0.25) is 5.02 Å². The highest BCUT2D eigenvalue weighted by Gasteiger charge is 2.23. The van der Waals surface area contributed by atoms with Gasteiger partial charge in [0, 0.05) is 42.8 Å². The number of carbonyl (C=O) groups is 2. The molecule has 0 N–H and O–H groups in total. The fourth-order valence-electron chi connectivity index (χ4n) is 2.82. The van der Waals surface area contributed by atoms with Crippen molar-refractivity contribution < 1.29 is 14.0 Å². The lowest BCUT2D eigenvalue weighted by Gasteiger charge is -2.34. The van der Waals surface area contributed by atoms with Gasteiger partial charge in [0.1, 0.15) is 5.82 Å². The molecule has 1 aliphatic heterocycles. The molecule has 0 spiro atoms. The van der Waals surface area contributed by atoms with E-state index in [-0.39, 0.29) is 17.6 Å². The molecular formula is C20H18ClFN2O2.